The number of aromatic hydroxyl groups is 1. The zero-order valence-corrected chi connectivity index (χ0v) is 8.73. The van der Waals surface area contributed by atoms with Crippen LogP contribution in [0.1, 0.15) is 25.7 Å². The van der Waals surface area contributed by atoms with Gasteiger partial charge in [-0.05, 0) is 26.0 Å². The van der Waals surface area contributed by atoms with E-state index in [0.29, 0.717) is 0 Å². The Labute approximate surface area is 84.3 Å². The van der Waals surface area contributed by atoms with Gasteiger partial charge in [-0.2, -0.15) is 0 Å². The van der Waals surface area contributed by atoms with Crippen molar-refractivity contribution in [1.82, 2.24) is 0 Å². The molecule has 0 aromatic heterocycles. The molecule has 0 heterocycles. The third kappa shape index (κ3) is 3.01. The Morgan fingerprint density at radius 2 is 1.71 bits per heavy atom. The Hall–Kier alpha value is -1.06. The maximum absolute atomic E-state index is 9.11. The van der Waals surface area contributed by atoms with Gasteiger partial charge in [-0.15, -0.1) is 0 Å². The zero-order valence-electron chi connectivity index (χ0n) is 8.73. The summed E-state index contributed by atoms with van der Waals surface area (Å²) in [5.41, 5.74) is 0.902. The first-order chi connectivity index (χ1) is 6.63. The predicted molar refractivity (Wildman–Crippen MR) is 54.1 cm³/mol. The molecule has 3 nitrogen and oxygen atoms in total. The number of methoxy groups -OCH3 is 1. The van der Waals surface area contributed by atoms with Gasteiger partial charge in [-0.25, -0.2) is 0 Å². The number of phenols is 1. The lowest BCUT2D eigenvalue weighted by Gasteiger charge is -2.19. The van der Waals surface area contributed by atoms with Crippen molar-refractivity contribution in [2.24, 2.45) is 0 Å². The van der Waals surface area contributed by atoms with Gasteiger partial charge in [-0.1, -0.05) is 12.1 Å². The van der Waals surface area contributed by atoms with E-state index in [2.05, 4.69) is 0 Å². The Bertz CT molecular complexity index is 266. The molecule has 1 rings (SSSR count). The van der Waals surface area contributed by atoms with Crippen LogP contribution in [-0.2, 0) is 9.47 Å². The summed E-state index contributed by atoms with van der Waals surface area (Å²) in [4.78, 5) is 0. The van der Waals surface area contributed by atoms with Gasteiger partial charge < -0.3 is 14.6 Å². The van der Waals surface area contributed by atoms with E-state index in [1.807, 2.05) is 13.8 Å². The topological polar surface area (TPSA) is 38.7 Å². The summed E-state index contributed by atoms with van der Waals surface area (Å²) in [7, 11) is 1.60. The maximum atomic E-state index is 9.11. The molecule has 0 fully saturated rings. The van der Waals surface area contributed by atoms with Gasteiger partial charge in [0.15, 0.2) is 6.29 Å². The van der Waals surface area contributed by atoms with Crippen molar-refractivity contribution in [2.75, 3.05) is 7.11 Å². The molecule has 1 atom stereocenters. The van der Waals surface area contributed by atoms with Gasteiger partial charge in [0.05, 0.1) is 6.10 Å². The van der Waals surface area contributed by atoms with Crippen LogP contribution in [0.4, 0.5) is 0 Å². The van der Waals surface area contributed by atoms with Crippen LogP contribution in [0.25, 0.3) is 0 Å². The summed E-state index contributed by atoms with van der Waals surface area (Å²) in [6, 6.07) is 6.80. The first-order valence-corrected chi connectivity index (χ1v) is 4.60. The molecule has 3 heteroatoms. The fourth-order valence-electron chi connectivity index (χ4n) is 1.15. The smallest absolute Gasteiger partial charge is 0.183 e. The molecule has 1 unspecified atom stereocenters. The molecule has 0 aliphatic rings. The van der Waals surface area contributed by atoms with Crippen LogP contribution in [0.2, 0.25) is 0 Å². The van der Waals surface area contributed by atoms with E-state index < -0.39 is 0 Å². The molecule has 0 amide bonds. The van der Waals surface area contributed by atoms with Crippen LogP contribution in [0, 0.1) is 0 Å². The molecular weight excluding hydrogens is 180 g/mol. The summed E-state index contributed by atoms with van der Waals surface area (Å²) >= 11 is 0. The Morgan fingerprint density at radius 3 is 2.14 bits per heavy atom. The fraction of sp³-hybridized carbons (Fsp3) is 0.455. The van der Waals surface area contributed by atoms with E-state index in [0.717, 1.165) is 5.56 Å². The standard InChI is InChI=1S/C11H16O3/c1-8(2)14-11(13-3)9-4-6-10(12)7-5-9/h4-8,11-12H,1-3H3. The van der Waals surface area contributed by atoms with Crippen LogP contribution in [-0.4, -0.2) is 18.3 Å². The van der Waals surface area contributed by atoms with Gasteiger partial charge in [0.1, 0.15) is 5.75 Å². The van der Waals surface area contributed by atoms with E-state index in [1.54, 1.807) is 31.4 Å². The fourth-order valence-corrected chi connectivity index (χ4v) is 1.15. The number of ether oxygens (including phenoxy) is 2. The zero-order chi connectivity index (χ0) is 10.6. The highest BCUT2D eigenvalue weighted by Crippen LogP contribution is 2.21. The van der Waals surface area contributed by atoms with Gasteiger partial charge >= 0.3 is 0 Å². The lowest BCUT2D eigenvalue weighted by molar-refractivity contribution is -0.150. The minimum atomic E-state index is -0.365. The van der Waals surface area contributed by atoms with Crippen molar-refractivity contribution in [3.05, 3.63) is 29.8 Å². The second kappa shape index (κ2) is 4.98. The molecule has 1 aromatic carbocycles. The molecule has 78 valence electrons. The molecular formula is C11H16O3. The monoisotopic (exact) mass is 196 g/mol. The second-order valence-corrected chi connectivity index (χ2v) is 3.34. The number of rotatable bonds is 4. The molecule has 0 bridgehead atoms. The number of phenolic OH excluding ortho intramolecular Hbond substituents is 1. The van der Waals surface area contributed by atoms with Crippen LogP contribution >= 0.6 is 0 Å². The average Bonchev–Trinajstić information content (AvgIpc) is 2.15. The molecule has 0 saturated heterocycles. The molecule has 0 aliphatic carbocycles. The summed E-state index contributed by atoms with van der Waals surface area (Å²) in [5, 5.41) is 9.11. The van der Waals surface area contributed by atoms with Crippen molar-refractivity contribution in [2.45, 2.75) is 26.2 Å². The largest absolute Gasteiger partial charge is 0.508 e. The van der Waals surface area contributed by atoms with Crippen LogP contribution in [0.15, 0.2) is 24.3 Å². The van der Waals surface area contributed by atoms with Crippen LogP contribution < -0.4 is 0 Å². The molecule has 0 radical (unpaired) electrons. The van der Waals surface area contributed by atoms with Crippen molar-refractivity contribution in [1.29, 1.82) is 0 Å². The number of hydrogen-bond acceptors (Lipinski definition) is 3. The van der Waals surface area contributed by atoms with Crippen molar-refractivity contribution >= 4 is 0 Å². The highest BCUT2D eigenvalue weighted by atomic mass is 16.7. The lowest BCUT2D eigenvalue weighted by atomic mass is 10.2. The highest BCUT2D eigenvalue weighted by molar-refractivity contribution is 5.26. The number of benzene rings is 1. The van der Waals surface area contributed by atoms with Crippen LogP contribution in [0.3, 0.4) is 0 Å². The summed E-state index contributed by atoms with van der Waals surface area (Å²) in [6.07, 6.45) is -0.260. The lowest BCUT2D eigenvalue weighted by Crippen LogP contribution is -2.12. The van der Waals surface area contributed by atoms with E-state index in [1.165, 1.54) is 0 Å². The van der Waals surface area contributed by atoms with Gasteiger partial charge in [0.25, 0.3) is 0 Å². The van der Waals surface area contributed by atoms with Gasteiger partial charge in [0, 0.05) is 12.7 Å². The Balaban J connectivity index is 2.73. The van der Waals surface area contributed by atoms with Crippen LogP contribution in [0.5, 0.6) is 5.75 Å². The average molecular weight is 196 g/mol. The molecule has 0 spiro atoms. The van der Waals surface area contributed by atoms with Crippen molar-refractivity contribution in [3.8, 4) is 5.75 Å². The van der Waals surface area contributed by atoms with E-state index in [4.69, 9.17) is 14.6 Å². The first-order valence-electron chi connectivity index (χ1n) is 4.60. The summed E-state index contributed by atoms with van der Waals surface area (Å²) < 4.78 is 10.7. The number of hydrogen-bond donors (Lipinski definition) is 1. The van der Waals surface area contributed by atoms with Crippen molar-refractivity contribution in [3.63, 3.8) is 0 Å². The van der Waals surface area contributed by atoms with Crippen molar-refractivity contribution < 1.29 is 14.6 Å². The predicted octanol–water partition coefficient (Wildman–Crippen LogP) is 2.46. The molecule has 1 N–H and O–H groups in total. The van der Waals surface area contributed by atoms with E-state index in [-0.39, 0.29) is 18.1 Å². The SMILES string of the molecule is COC(OC(C)C)c1ccc(O)cc1. The highest BCUT2D eigenvalue weighted by Gasteiger charge is 2.11. The third-order valence-electron chi connectivity index (χ3n) is 1.78. The quantitative estimate of drug-likeness (QED) is 0.752. The van der Waals surface area contributed by atoms with E-state index in [9.17, 15) is 0 Å². The minimum Gasteiger partial charge on any atom is -0.508 e. The summed E-state index contributed by atoms with van der Waals surface area (Å²) in [6.45, 7) is 3.90. The maximum Gasteiger partial charge on any atom is 0.183 e. The minimum absolute atomic E-state index is 0.105. The Kier molecular flexibility index (Phi) is 3.92. The molecule has 1 aromatic rings. The van der Waals surface area contributed by atoms with Gasteiger partial charge in [-0.3, -0.25) is 0 Å². The second-order valence-electron chi connectivity index (χ2n) is 3.34. The molecule has 14 heavy (non-hydrogen) atoms. The molecule has 0 aliphatic heterocycles. The normalized spacial score (nSPS) is 13.1. The first kappa shape index (κ1) is 11.0. The summed E-state index contributed by atoms with van der Waals surface area (Å²) in [5.74, 6) is 0.244. The molecule has 0 saturated carbocycles. The Morgan fingerprint density at radius 1 is 1.14 bits per heavy atom. The van der Waals surface area contributed by atoms with Gasteiger partial charge in [0.2, 0.25) is 0 Å². The third-order valence-corrected chi connectivity index (χ3v) is 1.78. The van der Waals surface area contributed by atoms with E-state index >= 15 is 0 Å².